The van der Waals surface area contributed by atoms with Gasteiger partial charge in [-0.3, -0.25) is 0 Å². The largest absolute Gasteiger partial charge is 0.361 e. The van der Waals surface area contributed by atoms with E-state index in [1.54, 1.807) is 11.3 Å². The van der Waals surface area contributed by atoms with Crippen molar-refractivity contribution in [3.8, 4) is 11.3 Å². The fourth-order valence-electron chi connectivity index (χ4n) is 2.07. The van der Waals surface area contributed by atoms with Crippen LogP contribution in [0.2, 0.25) is 5.02 Å². The van der Waals surface area contributed by atoms with Crippen molar-refractivity contribution in [2.75, 3.05) is 11.9 Å². The lowest BCUT2D eigenvalue weighted by Crippen LogP contribution is -2.04. The van der Waals surface area contributed by atoms with Crippen molar-refractivity contribution >= 4 is 28.1 Å². The molecule has 0 bridgehead atoms. The first-order valence-corrected chi connectivity index (χ1v) is 8.06. The molecule has 1 heterocycles. The zero-order valence-corrected chi connectivity index (χ0v) is 13.0. The zero-order chi connectivity index (χ0) is 14.5. The summed E-state index contributed by atoms with van der Waals surface area (Å²) in [6.07, 6.45) is 0.997. The van der Waals surface area contributed by atoms with Gasteiger partial charge in [0.05, 0.1) is 5.69 Å². The maximum absolute atomic E-state index is 5.90. The van der Waals surface area contributed by atoms with Crippen LogP contribution in [0.1, 0.15) is 5.56 Å². The number of anilines is 1. The van der Waals surface area contributed by atoms with Crippen LogP contribution >= 0.6 is 22.9 Å². The van der Waals surface area contributed by atoms with Crippen molar-refractivity contribution in [3.05, 3.63) is 70.6 Å². The number of hydrogen-bond acceptors (Lipinski definition) is 3. The number of nitrogens with zero attached hydrogens (tertiary/aromatic N) is 1. The van der Waals surface area contributed by atoms with Gasteiger partial charge in [0, 0.05) is 22.5 Å². The molecule has 1 aromatic heterocycles. The summed E-state index contributed by atoms with van der Waals surface area (Å²) in [5.41, 5.74) is 3.41. The van der Waals surface area contributed by atoms with Crippen molar-refractivity contribution in [1.82, 2.24) is 4.98 Å². The highest BCUT2D eigenvalue weighted by atomic mass is 35.5. The Hall–Kier alpha value is -1.84. The molecule has 0 saturated carbocycles. The monoisotopic (exact) mass is 314 g/mol. The molecule has 0 spiro atoms. The average molecular weight is 315 g/mol. The minimum atomic E-state index is 0.746. The van der Waals surface area contributed by atoms with Crippen molar-refractivity contribution in [2.45, 2.75) is 6.42 Å². The number of hydrogen-bond donors (Lipinski definition) is 1. The van der Waals surface area contributed by atoms with E-state index in [0.29, 0.717) is 0 Å². The van der Waals surface area contributed by atoms with E-state index >= 15 is 0 Å². The van der Waals surface area contributed by atoms with Crippen molar-refractivity contribution in [1.29, 1.82) is 0 Å². The number of aromatic nitrogens is 1. The molecule has 3 aromatic rings. The van der Waals surface area contributed by atoms with Crippen molar-refractivity contribution < 1.29 is 0 Å². The van der Waals surface area contributed by atoms with Gasteiger partial charge in [-0.15, -0.1) is 11.3 Å². The molecule has 0 aliphatic rings. The number of thiazole rings is 1. The lowest BCUT2D eigenvalue weighted by atomic mass is 10.1. The second-order valence-corrected chi connectivity index (χ2v) is 6.00. The second-order valence-electron chi connectivity index (χ2n) is 4.71. The van der Waals surface area contributed by atoms with Gasteiger partial charge in [-0.25, -0.2) is 4.98 Å². The maximum Gasteiger partial charge on any atom is 0.183 e. The van der Waals surface area contributed by atoms with Gasteiger partial charge in [0.25, 0.3) is 0 Å². The Morgan fingerprint density at radius 1 is 1.00 bits per heavy atom. The van der Waals surface area contributed by atoms with Crippen LogP contribution < -0.4 is 5.32 Å². The molecule has 2 nitrogen and oxygen atoms in total. The van der Waals surface area contributed by atoms with Crippen LogP contribution in [0.4, 0.5) is 5.13 Å². The van der Waals surface area contributed by atoms with E-state index in [9.17, 15) is 0 Å². The molecular formula is C17H15ClN2S. The third-order valence-electron chi connectivity index (χ3n) is 3.18. The number of nitrogens with one attached hydrogen (secondary N) is 1. The Kier molecular flexibility index (Phi) is 4.53. The fraction of sp³-hybridized carbons (Fsp3) is 0.118. The van der Waals surface area contributed by atoms with Crippen molar-refractivity contribution in [2.24, 2.45) is 0 Å². The van der Waals surface area contributed by atoms with E-state index in [1.165, 1.54) is 5.56 Å². The summed E-state index contributed by atoms with van der Waals surface area (Å²) in [6.45, 7) is 0.886. The predicted molar refractivity (Wildman–Crippen MR) is 91.2 cm³/mol. The summed E-state index contributed by atoms with van der Waals surface area (Å²) >= 11 is 7.53. The lowest BCUT2D eigenvalue weighted by Gasteiger charge is -2.02. The first kappa shape index (κ1) is 14.1. The van der Waals surface area contributed by atoms with Gasteiger partial charge >= 0.3 is 0 Å². The van der Waals surface area contributed by atoms with Gasteiger partial charge in [0.1, 0.15) is 0 Å². The first-order valence-electron chi connectivity index (χ1n) is 6.80. The quantitative estimate of drug-likeness (QED) is 0.707. The normalized spacial score (nSPS) is 10.5. The van der Waals surface area contributed by atoms with Crippen LogP contribution in [-0.4, -0.2) is 11.5 Å². The van der Waals surface area contributed by atoms with Gasteiger partial charge in [0.15, 0.2) is 5.13 Å². The van der Waals surface area contributed by atoms with E-state index in [4.69, 9.17) is 11.6 Å². The van der Waals surface area contributed by atoms with Crippen molar-refractivity contribution in [3.63, 3.8) is 0 Å². The minimum Gasteiger partial charge on any atom is -0.361 e. The summed E-state index contributed by atoms with van der Waals surface area (Å²) in [6, 6.07) is 18.2. The molecule has 3 rings (SSSR count). The Balaban J connectivity index is 1.59. The molecule has 0 unspecified atom stereocenters. The smallest absolute Gasteiger partial charge is 0.183 e. The Labute approximate surface area is 133 Å². The molecule has 21 heavy (non-hydrogen) atoms. The zero-order valence-electron chi connectivity index (χ0n) is 11.4. The molecule has 0 saturated heterocycles. The molecule has 4 heteroatoms. The number of rotatable bonds is 5. The van der Waals surface area contributed by atoms with Crippen LogP contribution in [-0.2, 0) is 6.42 Å². The van der Waals surface area contributed by atoms with Crippen LogP contribution in [0.5, 0.6) is 0 Å². The molecule has 1 N–H and O–H groups in total. The van der Waals surface area contributed by atoms with Gasteiger partial charge in [-0.2, -0.15) is 0 Å². The van der Waals surface area contributed by atoms with Crippen LogP contribution in [0.3, 0.4) is 0 Å². The Morgan fingerprint density at radius 3 is 2.52 bits per heavy atom. The minimum absolute atomic E-state index is 0.746. The highest BCUT2D eigenvalue weighted by Crippen LogP contribution is 2.25. The summed E-state index contributed by atoms with van der Waals surface area (Å²) in [5, 5.41) is 7.14. The lowest BCUT2D eigenvalue weighted by molar-refractivity contribution is 1.02. The standard InChI is InChI=1S/C17H15ClN2S/c18-15-8-6-14(7-9-15)16-12-21-17(20-16)19-11-10-13-4-2-1-3-5-13/h1-9,12H,10-11H2,(H,19,20). The fourth-order valence-corrected chi connectivity index (χ4v) is 2.94. The second kappa shape index (κ2) is 6.74. The molecule has 0 radical (unpaired) electrons. The van der Waals surface area contributed by atoms with Crippen LogP contribution in [0, 0.1) is 0 Å². The van der Waals surface area contributed by atoms with E-state index in [-0.39, 0.29) is 0 Å². The molecule has 2 aromatic carbocycles. The molecule has 0 amide bonds. The third-order valence-corrected chi connectivity index (χ3v) is 4.23. The van der Waals surface area contributed by atoms with Gasteiger partial charge in [0.2, 0.25) is 0 Å². The van der Waals surface area contributed by atoms with Gasteiger partial charge < -0.3 is 5.32 Å². The van der Waals surface area contributed by atoms with Crippen LogP contribution in [0.25, 0.3) is 11.3 Å². The summed E-state index contributed by atoms with van der Waals surface area (Å²) in [4.78, 5) is 4.61. The van der Waals surface area contributed by atoms with E-state index < -0.39 is 0 Å². The summed E-state index contributed by atoms with van der Waals surface area (Å²) in [5.74, 6) is 0. The SMILES string of the molecule is Clc1ccc(-c2csc(NCCc3ccccc3)n2)cc1. The summed E-state index contributed by atoms with van der Waals surface area (Å²) < 4.78 is 0. The number of benzene rings is 2. The van der Waals surface area contributed by atoms with E-state index in [0.717, 1.165) is 34.4 Å². The topological polar surface area (TPSA) is 24.9 Å². The number of halogens is 1. The first-order chi connectivity index (χ1) is 10.3. The molecule has 0 aliphatic heterocycles. The molecule has 0 aliphatic carbocycles. The maximum atomic E-state index is 5.90. The third kappa shape index (κ3) is 3.84. The van der Waals surface area contributed by atoms with Gasteiger partial charge in [-0.05, 0) is 24.1 Å². The predicted octanol–water partition coefficient (Wildman–Crippen LogP) is 5.12. The van der Waals surface area contributed by atoms with E-state index in [2.05, 4.69) is 39.9 Å². The molecule has 0 atom stereocenters. The van der Waals surface area contributed by atoms with Crippen LogP contribution in [0.15, 0.2) is 60.0 Å². The molecule has 106 valence electrons. The average Bonchev–Trinajstić information content (AvgIpc) is 2.98. The van der Waals surface area contributed by atoms with E-state index in [1.807, 2.05) is 30.3 Å². The highest BCUT2D eigenvalue weighted by Gasteiger charge is 2.04. The summed E-state index contributed by atoms with van der Waals surface area (Å²) in [7, 11) is 0. The highest BCUT2D eigenvalue weighted by molar-refractivity contribution is 7.14. The molecule has 0 fully saturated rings. The Morgan fingerprint density at radius 2 is 1.76 bits per heavy atom. The Bertz CT molecular complexity index is 692. The molecular weight excluding hydrogens is 300 g/mol. The van der Waals surface area contributed by atoms with Gasteiger partial charge in [-0.1, -0.05) is 54.1 Å².